The van der Waals surface area contributed by atoms with Crippen molar-refractivity contribution in [2.75, 3.05) is 25.0 Å². The Hall–Kier alpha value is -3.03. The van der Waals surface area contributed by atoms with E-state index in [0.717, 1.165) is 42.0 Å². The van der Waals surface area contributed by atoms with Gasteiger partial charge in [-0.1, -0.05) is 140 Å². The molecule has 262 valence electrons. The lowest BCUT2D eigenvalue weighted by Crippen LogP contribution is -2.45. The Morgan fingerprint density at radius 3 is 1.85 bits per heavy atom. The average Bonchev–Trinajstić information content (AvgIpc) is 3.12. The van der Waals surface area contributed by atoms with Gasteiger partial charge in [-0.25, -0.2) is 0 Å². The van der Waals surface area contributed by atoms with Crippen molar-refractivity contribution in [2.45, 2.75) is 123 Å². The van der Waals surface area contributed by atoms with Gasteiger partial charge >= 0.3 is 0 Å². The molecular formula is C42H60N2O4. The number of hydrogen-bond donors (Lipinski definition) is 2. The quantitative estimate of drug-likeness (QED) is 0.112. The van der Waals surface area contributed by atoms with Gasteiger partial charge in [0.1, 0.15) is 0 Å². The SMILES string of the molecule is CCCCCCCCN(CCCCCCCC)C[C@@H]1O[C@H](c2ccc(NC(=O)c3ccccc3)cc2)O[C@H](c2ccc(CO)cc2)[C@@H]1C. The van der Waals surface area contributed by atoms with Gasteiger partial charge in [-0.3, -0.25) is 4.79 Å². The second-order valence-corrected chi connectivity index (χ2v) is 13.6. The minimum Gasteiger partial charge on any atom is -0.392 e. The molecule has 0 bridgehead atoms. The Morgan fingerprint density at radius 2 is 1.27 bits per heavy atom. The third kappa shape index (κ3) is 12.1. The molecule has 1 heterocycles. The Morgan fingerprint density at radius 1 is 0.708 bits per heavy atom. The van der Waals surface area contributed by atoms with E-state index in [1.165, 1.54) is 77.0 Å². The molecule has 48 heavy (non-hydrogen) atoms. The van der Waals surface area contributed by atoms with Gasteiger partial charge in [0.25, 0.3) is 5.91 Å². The number of benzene rings is 3. The Kier molecular flexibility index (Phi) is 16.6. The van der Waals surface area contributed by atoms with E-state index in [0.29, 0.717) is 5.56 Å². The van der Waals surface area contributed by atoms with Crippen molar-refractivity contribution >= 4 is 11.6 Å². The van der Waals surface area contributed by atoms with Crippen LogP contribution in [-0.4, -0.2) is 41.7 Å². The molecule has 0 unspecified atom stereocenters. The lowest BCUT2D eigenvalue weighted by Gasteiger charge is -2.43. The normalized spacial score (nSPS) is 19.4. The van der Waals surface area contributed by atoms with Crippen LogP contribution in [0.3, 0.4) is 0 Å². The van der Waals surface area contributed by atoms with E-state index in [4.69, 9.17) is 9.47 Å². The van der Waals surface area contributed by atoms with Crippen molar-refractivity contribution in [1.29, 1.82) is 0 Å². The number of unbranched alkanes of at least 4 members (excludes halogenated alkanes) is 10. The molecule has 1 amide bonds. The number of aliphatic hydroxyl groups excluding tert-OH is 1. The number of ether oxygens (including phenoxy) is 2. The van der Waals surface area contributed by atoms with Gasteiger partial charge in [0.2, 0.25) is 0 Å². The van der Waals surface area contributed by atoms with Crippen molar-refractivity contribution in [3.05, 3.63) is 101 Å². The standard InChI is InChI=1S/C42H60N2O4/c1-4-6-8-10-12-17-29-44(30-18-13-11-9-7-5-2)31-39-33(3)40(35-23-21-34(32-45)22-24-35)48-42(47-39)37-25-27-38(28-26-37)43-41(46)36-19-15-14-16-20-36/h14-16,19-28,33,39-40,42,45H,4-13,17-18,29-32H2,1-3H3,(H,43,46)/t33-,39+,40+,42+/m1/s1. The van der Waals surface area contributed by atoms with Gasteiger partial charge in [0.05, 0.1) is 18.8 Å². The lowest BCUT2D eigenvalue weighted by atomic mass is 9.90. The van der Waals surface area contributed by atoms with E-state index in [9.17, 15) is 9.90 Å². The van der Waals surface area contributed by atoms with Crippen LogP contribution in [0.25, 0.3) is 0 Å². The van der Waals surface area contributed by atoms with Crippen LogP contribution in [0.1, 0.15) is 137 Å². The average molecular weight is 657 g/mol. The summed E-state index contributed by atoms with van der Waals surface area (Å²) in [5.74, 6) is 0.00637. The summed E-state index contributed by atoms with van der Waals surface area (Å²) in [6, 6.07) is 25.2. The molecule has 6 nitrogen and oxygen atoms in total. The highest BCUT2D eigenvalue weighted by Crippen LogP contribution is 2.42. The summed E-state index contributed by atoms with van der Waals surface area (Å²) >= 11 is 0. The predicted octanol–water partition coefficient (Wildman–Crippen LogP) is 10.2. The number of anilines is 1. The first-order valence-electron chi connectivity index (χ1n) is 18.7. The highest BCUT2D eigenvalue weighted by molar-refractivity contribution is 6.04. The van der Waals surface area contributed by atoms with Gasteiger partial charge in [0.15, 0.2) is 6.29 Å². The van der Waals surface area contributed by atoms with Gasteiger partial charge in [-0.15, -0.1) is 0 Å². The first-order valence-corrected chi connectivity index (χ1v) is 18.7. The van der Waals surface area contributed by atoms with Crippen molar-refractivity contribution in [2.24, 2.45) is 5.92 Å². The molecule has 0 aromatic heterocycles. The number of carbonyl (C=O) groups is 1. The van der Waals surface area contributed by atoms with Crippen molar-refractivity contribution < 1.29 is 19.4 Å². The van der Waals surface area contributed by atoms with Crippen LogP contribution in [0, 0.1) is 5.92 Å². The van der Waals surface area contributed by atoms with Crippen LogP contribution in [0.15, 0.2) is 78.9 Å². The number of hydrogen-bond acceptors (Lipinski definition) is 5. The fraction of sp³-hybridized carbons (Fsp3) is 0.548. The fourth-order valence-electron chi connectivity index (χ4n) is 6.62. The van der Waals surface area contributed by atoms with E-state index in [-0.39, 0.29) is 30.6 Å². The highest BCUT2D eigenvalue weighted by atomic mass is 16.7. The Bertz CT molecular complexity index is 1280. The summed E-state index contributed by atoms with van der Waals surface area (Å²) in [7, 11) is 0. The van der Waals surface area contributed by atoms with Gasteiger partial charge in [-0.2, -0.15) is 0 Å². The topological polar surface area (TPSA) is 71.0 Å². The third-order valence-electron chi connectivity index (χ3n) is 9.69. The number of nitrogens with zero attached hydrogens (tertiary/aromatic N) is 1. The van der Waals surface area contributed by atoms with Crippen molar-refractivity contribution in [3.8, 4) is 0 Å². The summed E-state index contributed by atoms with van der Waals surface area (Å²) in [5, 5.41) is 12.6. The van der Waals surface area contributed by atoms with Crippen molar-refractivity contribution in [3.63, 3.8) is 0 Å². The largest absolute Gasteiger partial charge is 0.392 e. The van der Waals surface area contributed by atoms with Crippen LogP contribution in [0.5, 0.6) is 0 Å². The van der Waals surface area contributed by atoms with E-state index < -0.39 is 6.29 Å². The molecule has 1 aliphatic heterocycles. The Balaban J connectivity index is 1.48. The maximum Gasteiger partial charge on any atom is 0.255 e. The van der Waals surface area contributed by atoms with Gasteiger partial charge in [0, 0.05) is 29.3 Å². The monoisotopic (exact) mass is 656 g/mol. The zero-order valence-electron chi connectivity index (χ0n) is 29.7. The van der Waals surface area contributed by atoms with Crippen LogP contribution < -0.4 is 5.32 Å². The number of carbonyl (C=O) groups excluding carboxylic acids is 1. The molecule has 0 aliphatic carbocycles. The van der Waals surface area contributed by atoms with E-state index in [1.807, 2.05) is 66.7 Å². The molecule has 0 radical (unpaired) electrons. The van der Waals surface area contributed by atoms with E-state index in [1.54, 1.807) is 0 Å². The zero-order chi connectivity index (χ0) is 34.0. The number of nitrogens with one attached hydrogen (secondary N) is 1. The second-order valence-electron chi connectivity index (χ2n) is 13.6. The molecular weight excluding hydrogens is 596 g/mol. The number of rotatable bonds is 21. The van der Waals surface area contributed by atoms with Crippen molar-refractivity contribution in [1.82, 2.24) is 4.90 Å². The molecule has 3 aromatic rings. The lowest BCUT2D eigenvalue weighted by molar-refractivity contribution is -0.276. The molecule has 4 rings (SSSR count). The molecule has 1 fully saturated rings. The summed E-state index contributed by atoms with van der Waals surface area (Å²) in [4.78, 5) is 15.4. The summed E-state index contributed by atoms with van der Waals surface area (Å²) in [6.45, 7) is 9.90. The first kappa shape index (κ1) is 37.8. The van der Waals surface area contributed by atoms with Crippen LogP contribution in [0.4, 0.5) is 5.69 Å². The molecule has 0 spiro atoms. The molecule has 1 aliphatic rings. The van der Waals surface area contributed by atoms with Gasteiger partial charge < -0.3 is 24.8 Å². The first-order chi connectivity index (χ1) is 23.5. The van der Waals surface area contributed by atoms with Crippen LogP contribution in [-0.2, 0) is 16.1 Å². The molecule has 6 heteroatoms. The smallest absolute Gasteiger partial charge is 0.255 e. The number of aliphatic hydroxyl groups is 1. The third-order valence-corrected chi connectivity index (χ3v) is 9.69. The Labute approximate surface area is 290 Å². The summed E-state index contributed by atoms with van der Waals surface area (Å²) in [5.41, 5.74) is 4.28. The van der Waals surface area contributed by atoms with E-state index >= 15 is 0 Å². The molecule has 1 saturated heterocycles. The van der Waals surface area contributed by atoms with Gasteiger partial charge in [-0.05, 0) is 61.3 Å². The van der Waals surface area contributed by atoms with Crippen LogP contribution in [0.2, 0.25) is 0 Å². The molecule has 0 saturated carbocycles. The minimum atomic E-state index is -0.530. The fourth-order valence-corrected chi connectivity index (χ4v) is 6.62. The highest BCUT2D eigenvalue weighted by Gasteiger charge is 2.39. The zero-order valence-corrected chi connectivity index (χ0v) is 29.7. The molecule has 4 atom stereocenters. The predicted molar refractivity (Wildman–Crippen MR) is 197 cm³/mol. The summed E-state index contributed by atoms with van der Waals surface area (Å²) in [6.07, 6.45) is 14.9. The van der Waals surface area contributed by atoms with Crippen LogP contribution >= 0.6 is 0 Å². The summed E-state index contributed by atoms with van der Waals surface area (Å²) < 4.78 is 13.6. The molecule has 2 N–H and O–H groups in total. The maximum atomic E-state index is 12.7. The van der Waals surface area contributed by atoms with E-state index in [2.05, 4.69) is 43.1 Å². The second kappa shape index (κ2) is 21.1. The maximum absolute atomic E-state index is 12.7. The minimum absolute atomic E-state index is 0.0103. The number of amides is 1. The molecule has 3 aromatic carbocycles.